The van der Waals surface area contributed by atoms with Gasteiger partial charge in [0.25, 0.3) is 0 Å². The average Bonchev–Trinajstić information content (AvgIpc) is 2.33. The van der Waals surface area contributed by atoms with Gasteiger partial charge in [0.2, 0.25) is 0 Å². The van der Waals surface area contributed by atoms with Crippen LogP contribution in [0.25, 0.3) is 0 Å². The number of rotatable bonds is 4. The van der Waals surface area contributed by atoms with Crippen LogP contribution in [0.2, 0.25) is 0 Å². The SMILES string of the molecule is CN(Cc1ccncc1)Cc1cnc(N)cn1. The zero-order valence-corrected chi connectivity index (χ0v) is 9.74. The highest BCUT2D eigenvalue weighted by Crippen LogP contribution is 2.05. The first-order valence-electron chi connectivity index (χ1n) is 5.38. The Kier molecular flexibility index (Phi) is 3.62. The van der Waals surface area contributed by atoms with E-state index in [1.807, 2.05) is 19.2 Å². The van der Waals surface area contributed by atoms with Crippen molar-refractivity contribution in [1.82, 2.24) is 19.9 Å². The highest BCUT2D eigenvalue weighted by Gasteiger charge is 2.03. The standard InChI is InChI=1S/C12H15N5/c1-17(8-10-2-4-14-5-3-10)9-11-6-16-12(13)7-15-11/h2-7H,8-9H2,1H3,(H2,13,16). The lowest BCUT2D eigenvalue weighted by atomic mass is 10.2. The Labute approximate surface area is 100 Å². The van der Waals surface area contributed by atoms with E-state index in [2.05, 4.69) is 19.9 Å². The number of pyridine rings is 1. The van der Waals surface area contributed by atoms with Gasteiger partial charge in [0.05, 0.1) is 18.1 Å². The van der Waals surface area contributed by atoms with Gasteiger partial charge in [-0.1, -0.05) is 0 Å². The fourth-order valence-corrected chi connectivity index (χ4v) is 1.58. The Morgan fingerprint density at radius 1 is 1.12 bits per heavy atom. The lowest BCUT2D eigenvalue weighted by molar-refractivity contribution is 0.314. The van der Waals surface area contributed by atoms with Crippen molar-refractivity contribution < 1.29 is 0 Å². The summed E-state index contributed by atoms with van der Waals surface area (Å²) in [5.41, 5.74) is 7.63. The predicted molar refractivity (Wildman–Crippen MR) is 65.9 cm³/mol. The fourth-order valence-electron chi connectivity index (χ4n) is 1.58. The minimum Gasteiger partial charge on any atom is -0.382 e. The Balaban J connectivity index is 1.93. The van der Waals surface area contributed by atoms with E-state index in [0.29, 0.717) is 5.82 Å². The van der Waals surface area contributed by atoms with Gasteiger partial charge in [0.1, 0.15) is 5.82 Å². The van der Waals surface area contributed by atoms with Crippen LogP contribution >= 0.6 is 0 Å². The number of hydrogen-bond acceptors (Lipinski definition) is 5. The summed E-state index contributed by atoms with van der Waals surface area (Å²) in [6.45, 7) is 1.60. The van der Waals surface area contributed by atoms with Gasteiger partial charge in [-0.3, -0.25) is 14.9 Å². The maximum atomic E-state index is 5.49. The molecule has 0 saturated heterocycles. The molecule has 0 aliphatic carbocycles. The zero-order valence-electron chi connectivity index (χ0n) is 9.74. The van der Waals surface area contributed by atoms with Gasteiger partial charge in [0.15, 0.2) is 0 Å². The number of nitrogens with two attached hydrogens (primary N) is 1. The van der Waals surface area contributed by atoms with Gasteiger partial charge in [-0.25, -0.2) is 4.98 Å². The molecular formula is C12H15N5. The van der Waals surface area contributed by atoms with E-state index in [1.165, 1.54) is 5.56 Å². The van der Waals surface area contributed by atoms with Crippen LogP contribution in [0.4, 0.5) is 5.82 Å². The lowest BCUT2D eigenvalue weighted by Crippen LogP contribution is -2.18. The van der Waals surface area contributed by atoms with Gasteiger partial charge in [-0.2, -0.15) is 0 Å². The average molecular weight is 229 g/mol. The summed E-state index contributed by atoms with van der Waals surface area (Å²) in [5.74, 6) is 0.450. The molecule has 0 spiro atoms. The smallest absolute Gasteiger partial charge is 0.141 e. The molecule has 0 saturated carbocycles. The van der Waals surface area contributed by atoms with E-state index in [4.69, 9.17) is 5.73 Å². The van der Waals surface area contributed by atoms with Crippen LogP contribution in [-0.4, -0.2) is 26.9 Å². The van der Waals surface area contributed by atoms with E-state index in [9.17, 15) is 0 Å². The van der Waals surface area contributed by atoms with Crippen molar-refractivity contribution in [3.8, 4) is 0 Å². The van der Waals surface area contributed by atoms with E-state index >= 15 is 0 Å². The molecule has 2 aromatic heterocycles. The van der Waals surface area contributed by atoms with Gasteiger partial charge >= 0.3 is 0 Å². The first-order valence-corrected chi connectivity index (χ1v) is 5.38. The van der Waals surface area contributed by atoms with Crippen LogP contribution in [0.1, 0.15) is 11.3 Å². The van der Waals surface area contributed by atoms with Gasteiger partial charge < -0.3 is 5.73 Å². The van der Waals surface area contributed by atoms with Crippen LogP contribution in [0.3, 0.4) is 0 Å². The molecule has 0 aliphatic heterocycles. The number of hydrogen-bond donors (Lipinski definition) is 1. The fraction of sp³-hybridized carbons (Fsp3) is 0.250. The maximum Gasteiger partial charge on any atom is 0.141 e. The zero-order chi connectivity index (χ0) is 12.1. The number of anilines is 1. The second-order valence-corrected chi connectivity index (χ2v) is 3.96. The molecule has 17 heavy (non-hydrogen) atoms. The Bertz CT molecular complexity index is 454. The van der Waals surface area contributed by atoms with Crippen molar-refractivity contribution in [3.63, 3.8) is 0 Å². The first kappa shape index (κ1) is 11.5. The largest absolute Gasteiger partial charge is 0.382 e. The summed E-state index contributed by atoms with van der Waals surface area (Å²) >= 11 is 0. The molecule has 88 valence electrons. The molecule has 2 aromatic rings. The summed E-state index contributed by atoms with van der Waals surface area (Å²) < 4.78 is 0. The molecule has 0 amide bonds. The quantitative estimate of drug-likeness (QED) is 0.849. The number of nitrogen functional groups attached to an aromatic ring is 1. The molecule has 2 rings (SSSR count). The molecule has 0 atom stereocenters. The molecular weight excluding hydrogens is 214 g/mol. The molecule has 0 unspecified atom stereocenters. The van der Waals surface area contributed by atoms with E-state index < -0.39 is 0 Å². The molecule has 0 radical (unpaired) electrons. The highest BCUT2D eigenvalue weighted by atomic mass is 15.1. The highest BCUT2D eigenvalue weighted by molar-refractivity contribution is 5.22. The molecule has 0 aliphatic rings. The summed E-state index contributed by atoms with van der Waals surface area (Å²) in [6.07, 6.45) is 6.88. The predicted octanol–water partition coefficient (Wildman–Crippen LogP) is 1.09. The van der Waals surface area contributed by atoms with Gasteiger partial charge in [-0.05, 0) is 24.7 Å². The third-order valence-corrected chi connectivity index (χ3v) is 2.36. The van der Waals surface area contributed by atoms with E-state index in [1.54, 1.807) is 24.8 Å². The molecule has 0 fully saturated rings. The van der Waals surface area contributed by atoms with Crippen LogP contribution in [0, 0.1) is 0 Å². The summed E-state index contributed by atoms with van der Waals surface area (Å²) in [5, 5.41) is 0. The molecule has 5 nitrogen and oxygen atoms in total. The second kappa shape index (κ2) is 5.36. The van der Waals surface area contributed by atoms with Crippen molar-refractivity contribution in [2.75, 3.05) is 12.8 Å². The van der Waals surface area contributed by atoms with Crippen molar-refractivity contribution in [2.45, 2.75) is 13.1 Å². The topological polar surface area (TPSA) is 67.9 Å². The first-order chi connectivity index (χ1) is 8.24. The number of aromatic nitrogens is 3. The van der Waals surface area contributed by atoms with Crippen molar-refractivity contribution in [3.05, 3.63) is 48.2 Å². The van der Waals surface area contributed by atoms with Crippen LogP contribution < -0.4 is 5.73 Å². The minimum atomic E-state index is 0.450. The second-order valence-electron chi connectivity index (χ2n) is 3.96. The summed E-state index contributed by atoms with van der Waals surface area (Å²) in [7, 11) is 2.04. The van der Waals surface area contributed by atoms with Crippen molar-refractivity contribution in [1.29, 1.82) is 0 Å². The Hall–Kier alpha value is -2.01. The van der Waals surface area contributed by atoms with Crippen LogP contribution in [-0.2, 0) is 13.1 Å². The minimum absolute atomic E-state index is 0.450. The number of nitrogens with zero attached hydrogens (tertiary/aromatic N) is 4. The molecule has 0 bridgehead atoms. The lowest BCUT2D eigenvalue weighted by Gasteiger charge is -2.15. The Morgan fingerprint density at radius 3 is 2.53 bits per heavy atom. The van der Waals surface area contributed by atoms with Crippen molar-refractivity contribution >= 4 is 5.82 Å². The van der Waals surface area contributed by atoms with E-state index in [-0.39, 0.29) is 0 Å². The molecule has 2 N–H and O–H groups in total. The molecule has 2 heterocycles. The normalized spacial score (nSPS) is 10.7. The van der Waals surface area contributed by atoms with Gasteiger partial charge in [-0.15, -0.1) is 0 Å². The van der Waals surface area contributed by atoms with E-state index in [0.717, 1.165) is 18.8 Å². The van der Waals surface area contributed by atoms with Crippen LogP contribution in [0.5, 0.6) is 0 Å². The molecule has 5 heteroatoms. The third kappa shape index (κ3) is 3.49. The third-order valence-electron chi connectivity index (χ3n) is 2.36. The van der Waals surface area contributed by atoms with Crippen LogP contribution in [0.15, 0.2) is 36.9 Å². The van der Waals surface area contributed by atoms with Gasteiger partial charge in [0, 0.05) is 25.5 Å². The van der Waals surface area contributed by atoms with Crippen molar-refractivity contribution in [2.24, 2.45) is 0 Å². The summed E-state index contributed by atoms with van der Waals surface area (Å²) in [4.78, 5) is 14.4. The monoisotopic (exact) mass is 229 g/mol. The summed E-state index contributed by atoms with van der Waals surface area (Å²) in [6, 6.07) is 4.01. The maximum absolute atomic E-state index is 5.49. The Morgan fingerprint density at radius 2 is 1.88 bits per heavy atom. The molecule has 0 aromatic carbocycles.